The van der Waals surface area contributed by atoms with Gasteiger partial charge in [0, 0.05) is 12.6 Å². The molecule has 1 heterocycles. The number of nitrogens with one attached hydrogen (secondary N) is 1. The van der Waals surface area contributed by atoms with Crippen LogP contribution in [0.15, 0.2) is 11.6 Å². The van der Waals surface area contributed by atoms with E-state index in [9.17, 15) is 0 Å². The summed E-state index contributed by atoms with van der Waals surface area (Å²) < 4.78 is 0. The van der Waals surface area contributed by atoms with Crippen molar-refractivity contribution in [2.75, 3.05) is 6.54 Å². The van der Waals surface area contributed by atoms with Crippen LogP contribution in [0, 0.1) is 0 Å². The highest BCUT2D eigenvalue weighted by Gasteiger charge is 2.03. The van der Waals surface area contributed by atoms with Crippen molar-refractivity contribution in [3.05, 3.63) is 11.6 Å². The van der Waals surface area contributed by atoms with E-state index < -0.39 is 0 Å². The third kappa shape index (κ3) is 1.34. The summed E-state index contributed by atoms with van der Waals surface area (Å²) in [7, 11) is 0. The van der Waals surface area contributed by atoms with Crippen LogP contribution in [0.3, 0.4) is 0 Å². The highest BCUT2D eigenvalue weighted by Crippen LogP contribution is 2.03. The van der Waals surface area contributed by atoms with Crippen LogP contribution < -0.4 is 5.32 Å². The molecule has 0 bridgehead atoms. The van der Waals surface area contributed by atoms with Crippen LogP contribution in [-0.2, 0) is 0 Å². The molecule has 46 valence electrons. The molecule has 0 fully saturated rings. The third-order valence-electron chi connectivity index (χ3n) is 1.55. The van der Waals surface area contributed by atoms with E-state index in [2.05, 4.69) is 25.2 Å². The Kier molecular flexibility index (Phi) is 1.69. The van der Waals surface area contributed by atoms with E-state index in [-0.39, 0.29) is 0 Å². The molecule has 1 atom stereocenters. The number of hydrogen-bond donors (Lipinski definition) is 1. The highest BCUT2D eigenvalue weighted by atomic mass is 14.9. The van der Waals surface area contributed by atoms with Crippen molar-refractivity contribution in [1.29, 1.82) is 0 Å². The molecular formula is C7H13N. The fourth-order valence-corrected chi connectivity index (χ4v) is 0.869. The van der Waals surface area contributed by atoms with Gasteiger partial charge >= 0.3 is 0 Å². The fraction of sp³-hybridized carbons (Fsp3) is 0.714. The SMILES string of the molecule is CC1=CC[C@H](C)NC1. The lowest BCUT2D eigenvalue weighted by molar-refractivity contribution is 0.556. The van der Waals surface area contributed by atoms with Gasteiger partial charge in [-0.3, -0.25) is 0 Å². The third-order valence-corrected chi connectivity index (χ3v) is 1.55. The monoisotopic (exact) mass is 111 g/mol. The van der Waals surface area contributed by atoms with Crippen molar-refractivity contribution in [2.24, 2.45) is 0 Å². The lowest BCUT2D eigenvalue weighted by atomic mass is 10.1. The Balaban J connectivity index is 2.42. The fourth-order valence-electron chi connectivity index (χ4n) is 0.869. The Labute approximate surface area is 50.8 Å². The van der Waals surface area contributed by atoms with Crippen molar-refractivity contribution >= 4 is 0 Å². The molecule has 0 aromatic heterocycles. The Morgan fingerprint density at radius 1 is 1.75 bits per heavy atom. The first-order chi connectivity index (χ1) is 3.79. The minimum Gasteiger partial charge on any atom is -0.310 e. The molecule has 1 aliphatic heterocycles. The van der Waals surface area contributed by atoms with Gasteiger partial charge in [0.2, 0.25) is 0 Å². The van der Waals surface area contributed by atoms with Crippen LogP contribution >= 0.6 is 0 Å². The van der Waals surface area contributed by atoms with E-state index in [0.29, 0.717) is 6.04 Å². The lowest BCUT2D eigenvalue weighted by Gasteiger charge is -2.17. The van der Waals surface area contributed by atoms with Crippen molar-refractivity contribution in [3.8, 4) is 0 Å². The van der Waals surface area contributed by atoms with Crippen molar-refractivity contribution in [3.63, 3.8) is 0 Å². The first kappa shape index (κ1) is 5.83. The van der Waals surface area contributed by atoms with E-state index in [1.54, 1.807) is 0 Å². The molecule has 0 aromatic rings. The minimum absolute atomic E-state index is 0.693. The zero-order valence-corrected chi connectivity index (χ0v) is 5.57. The van der Waals surface area contributed by atoms with E-state index in [1.165, 1.54) is 12.0 Å². The lowest BCUT2D eigenvalue weighted by Crippen LogP contribution is -2.30. The van der Waals surface area contributed by atoms with Gasteiger partial charge in [-0.1, -0.05) is 11.6 Å². The molecule has 0 saturated heterocycles. The summed E-state index contributed by atoms with van der Waals surface area (Å²) in [6, 6.07) is 0.693. The predicted octanol–water partition coefficient (Wildman–Crippen LogP) is 1.31. The van der Waals surface area contributed by atoms with Crippen LogP contribution in [0.2, 0.25) is 0 Å². The predicted molar refractivity (Wildman–Crippen MR) is 35.8 cm³/mol. The summed E-state index contributed by atoms with van der Waals surface area (Å²) in [5.41, 5.74) is 1.48. The van der Waals surface area contributed by atoms with Crippen molar-refractivity contribution in [1.82, 2.24) is 5.32 Å². The average molecular weight is 111 g/mol. The maximum Gasteiger partial charge on any atom is 0.0164 e. The minimum atomic E-state index is 0.693. The normalized spacial score (nSPS) is 29.8. The summed E-state index contributed by atoms with van der Waals surface area (Å²) in [6.45, 7) is 5.46. The van der Waals surface area contributed by atoms with Gasteiger partial charge in [0.1, 0.15) is 0 Å². The summed E-state index contributed by atoms with van der Waals surface area (Å²) in [6.07, 6.45) is 3.51. The first-order valence-electron chi connectivity index (χ1n) is 3.18. The summed E-state index contributed by atoms with van der Waals surface area (Å²) in [5.74, 6) is 0. The van der Waals surface area contributed by atoms with Gasteiger partial charge in [0.25, 0.3) is 0 Å². The van der Waals surface area contributed by atoms with E-state index in [0.717, 1.165) is 6.54 Å². The second-order valence-corrected chi connectivity index (χ2v) is 2.57. The van der Waals surface area contributed by atoms with Gasteiger partial charge in [-0.25, -0.2) is 0 Å². The molecule has 0 amide bonds. The standard InChI is InChI=1S/C7H13N/c1-6-3-4-7(2)8-5-6/h3,7-8H,4-5H2,1-2H3/t7-/m0/s1. The van der Waals surface area contributed by atoms with Crippen LogP contribution in [0.25, 0.3) is 0 Å². The van der Waals surface area contributed by atoms with Gasteiger partial charge in [-0.05, 0) is 20.3 Å². The first-order valence-corrected chi connectivity index (χ1v) is 3.18. The molecule has 0 unspecified atom stereocenters. The van der Waals surface area contributed by atoms with Crippen molar-refractivity contribution < 1.29 is 0 Å². The average Bonchev–Trinajstić information content (AvgIpc) is 1.77. The van der Waals surface area contributed by atoms with Crippen LogP contribution in [0.4, 0.5) is 0 Å². The largest absolute Gasteiger partial charge is 0.310 e. The highest BCUT2D eigenvalue weighted by molar-refractivity contribution is 5.05. The summed E-state index contributed by atoms with van der Waals surface area (Å²) in [4.78, 5) is 0. The number of rotatable bonds is 0. The molecule has 1 rings (SSSR count). The van der Waals surface area contributed by atoms with Gasteiger partial charge in [0.15, 0.2) is 0 Å². The zero-order valence-electron chi connectivity index (χ0n) is 5.57. The van der Waals surface area contributed by atoms with Gasteiger partial charge in [0.05, 0.1) is 0 Å². The van der Waals surface area contributed by atoms with Gasteiger partial charge in [-0.2, -0.15) is 0 Å². The molecule has 0 saturated carbocycles. The van der Waals surface area contributed by atoms with Gasteiger partial charge < -0.3 is 5.32 Å². The van der Waals surface area contributed by atoms with Gasteiger partial charge in [-0.15, -0.1) is 0 Å². The Bertz CT molecular complexity index is 105. The second-order valence-electron chi connectivity index (χ2n) is 2.57. The Hall–Kier alpha value is -0.300. The van der Waals surface area contributed by atoms with Crippen LogP contribution in [0.5, 0.6) is 0 Å². The number of hydrogen-bond acceptors (Lipinski definition) is 1. The molecule has 0 aliphatic carbocycles. The topological polar surface area (TPSA) is 12.0 Å². The smallest absolute Gasteiger partial charge is 0.0164 e. The Morgan fingerprint density at radius 3 is 2.88 bits per heavy atom. The van der Waals surface area contributed by atoms with E-state index in [1.807, 2.05) is 0 Å². The Morgan fingerprint density at radius 2 is 2.50 bits per heavy atom. The second kappa shape index (κ2) is 2.31. The summed E-state index contributed by atoms with van der Waals surface area (Å²) in [5, 5.41) is 3.36. The quantitative estimate of drug-likeness (QED) is 0.465. The van der Waals surface area contributed by atoms with Crippen LogP contribution in [-0.4, -0.2) is 12.6 Å². The van der Waals surface area contributed by atoms with Crippen molar-refractivity contribution in [2.45, 2.75) is 26.3 Å². The molecule has 8 heavy (non-hydrogen) atoms. The maximum absolute atomic E-state index is 3.36. The van der Waals surface area contributed by atoms with E-state index >= 15 is 0 Å². The van der Waals surface area contributed by atoms with E-state index in [4.69, 9.17) is 0 Å². The molecule has 0 spiro atoms. The molecular weight excluding hydrogens is 98.1 g/mol. The molecule has 1 nitrogen and oxygen atoms in total. The molecule has 0 radical (unpaired) electrons. The molecule has 1 heteroatoms. The maximum atomic E-state index is 3.36. The summed E-state index contributed by atoms with van der Waals surface area (Å²) >= 11 is 0. The molecule has 1 aliphatic rings. The zero-order chi connectivity index (χ0) is 5.98. The molecule has 1 N–H and O–H groups in total. The molecule has 0 aromatic carbocycles. The van der Waals surface area contributed by atoms with Crippen LogP contribution in [0.1, 0.15) is 20.3 Å².